The molecule has 118 valence electrons. The fourth-order valence-corrected chi connectivity index (χ4v) is 1.57. The molecule has 1 aromatic rings. The van der Waals surface area contributed by atoms with Gasteiger partial charge in [-0.05, 0) is 23.8 Å². The molecule has 0 radical (unpaired) electrons. The van der Waals surface area contributed by atoms with Crippen molar-refractivity contribution in [3.05, 3.63) is 41.5 Å². The maximum Gasteiger partial charge on any atom is 0.279 e. The summed E-state index contributed by atoms with van der Waals surface area (Å²) in [6, 6.07) is 5.17. The van der Waals surface area contributed by atoms with Crippen molar-refractivity contribution < 1.29 is 13.6 Å². The van der Waals surface area contributed by atoms with E-state index in [1.54, 1.807) is 0 Å². The summed E-state index contributed by atoms with van der Waals surface area (Å²) in [7, 11) is 1.33. The minimum atomic E-state index is -0.904. The Morgan fingerprint density at radius 2 is 1.62 bits per heavy atom. The Labute approximate surface area is 126 Å². The summed E-state index contributed by atoms with van der Waals surface area (Å²) in [6.07, 6.45) is 8.05. The van der Waals surface area contributed by atoms with Gasteiger partial charge in [0.15, 0.2) is 5.83 Å². The normalized spacial score (nSPS) is 10.6. The van der Waals surface area contributed by atoms with Crippen molar-refractivity contribution in [2.45, 2.75) is 46.0 Å². The van der Waals surface area contributed by atoms with Crippen molar-refractivity contribution in [1.29, 1.82) is 0 Å². The lowest BCUT2D eigenvalue weighted by Crippen LogP contribution is -2.17. The fraction of sp³-hybridized carbons (Fsp3) is 0.471. The SMILES string of the molecule is CCCCCCC.CNC(=O)/C(F)=C/c1ccc(F)cc1. The van der Waals surface area contributed by atoms with E-state index in [1.165, 1.54) is 63.4 Å². The molecule has 0 aromatic heterocycles. The maximum absolute atomic E-state index is 12.9. The molecule has 0 aliphatic carbocycles. The minimum absolute atomic E-state index is 0.400. The summed E-state index contributed by atoms with van der Waals surface area (Å²) >= 11 is 0. The minimum Gasteiger partial charge on any atom is -0.353 e. The van der Waals surface area contributed by atoms with Crippen LogP contribution in [0.1, 0.15) is 51.5 Å². The molecule has 0 saturated heterocycles. The van der Waals surface area contributed by atoms with Gasteiger partial charge < -0.3 is 5.32 Å². The predicted molar refractivity (Wildman–Crippen MR) is 84.0 cm³/mol. The number of hydrogen-bond acceptors (Lipinski definition) is 1. The lowest BCUT2D eigenvalue weighted by Gasteiger charge is -1.96. The van der Waals surface area contributed by atoms with Gasteiger partial charge in [-0.1, -0.05) is 58.1 Å². The van der Waals surface area contributed by atoms with Gasteiger partial charge in [-0.3, -0.25) is 4.79 Å². The summed E-state index contributed by atoms with van der Waals surface area (Å²) < 4.78 is 25.4. The lowest BCUT2D eigenvalue weighted by atomic mass is 10.2. The number of amides is 1. The van der Waals surface area contributed by atoms with Crippen molar-refractivity contribution in [2.75, 3.05) is 7.05 Å². The van der Waals surface area contributed by atoms with Gasteiger partial charge in [-0.15, -0.1) is 0 Å². The molecule has 1 aromatic carbocycles. The fourth-order valence-electron chi connectivity index (χ4n) is 1.57. The molecule has 1 amide bonds. The highest BCUT2D eigenvalue weighted by Gasteiger charge is 2.04. The highest BCUT2D eigenvalue weighted by molar-refractivity contribution is 5.95. The monoisotopic (exact) mass is 297 g/mol. The van der Waals surface area contributed by atoms with E-state index in [1.807, 2.05) is 0 Å². The van der Waals surface area contributed by atoms with Crippen LogP contribution in [0.3, 0.4) is 0 Å². The Hall–Kier alpha value is -1.71. The molecule has 0 saturated carbocycles. The summed E-state index contributed by atoms with van der Waals surface area (Å²) in [5.41, 5.74) is 0.438. The molecular formula is C17H25F2NO. The highest BCUT2D eigenvalue weighted by atomic mass is 19.1. The van der Waals surface area contributed by atoms with Gasteiger partial charge in [0, 0.05) is 7.05 Å². The highest BCUT2D eigenvalue weighted by Crippen LogP contribution is 2.09. The summed E-state index contributed by atoms with van der Waals surface area (Å²) in [5, 5.41) is 2.14. The van der Waals surface area contributed by atoms with Gasteiger partial charge >= 0.3 is 0 Å². The second-order valence-electron chi connectivity index (χ2n) is 4.68. The van der Waals surface area contributed by atoms with Gasteiger partial charge in [0.25, 0.3) is 5.91 Å². The Morgan fingerprint density at radius 1 is 1.10 bits per heavy atom. The first kappa shape index (κ1) is 19.3. The number of rotatable bonds is 6. The number of carbonyl (C=O) groups is 1. The van der Waals surface area contributed by atoms with Crippen LogP contribution in [0.5, 0.6) is 0 Å². The first-order valence-electron chi connectivity index (χ1n) is 7.40. The molecule has 0 bridgehead atoms. The molecule has 0 atom stereocenters. The van der Waals surface area contributed by atoms with E-state index >= 15 is 0 Å². The second-order valence-corrected chi connectivity index (χ2v) is 4.68. The molecule has 1 rings (SSSR count). The van der Waals surface area contributed by atoms with Gasteiger partial charge in [0.05, 0.1) is 0 Å². The summed E-state index contributed by atoms with van der Waals surface area (Å²) in [5.74, 6) is -2.10. The molecule has 21 heavy (non-hydrogen) atoms. The Balaban J connectivity index is 0.000000486. The van der Waals surface area contributed by atoms with E-state index in [4.69, 9.17) is 0 Å². The van der Waals surface area contributed by atoms with Crippen LogP contribution in [0.15, 0.2) is 30.1 Å². The zero-order valence-corrected chi connectivity index (χ0v) is 13.1. The van der Waals surface area contributed by atoms with Gasteiger partial charge in [0.2, 0.25) is 0 Å². The maximum atomic E-state index is 12.9. The molecule has 0 unspecified atom stereocenters. The standard InChI is InChI=1S/C10H9F2NO.C7H16/c1-13-10(14)9(12)6-7-2-4-8(11)5-3-7;1-3-5-7-6-4-2/h2-6H,1H3,(H,13,14);3-7H2,1-2H3/b9-6-;. The molecule has 0 aliphatic rings. The lowest BCUT2D eigenvalue weighted by molar-refractivity contribution is -0.118. The molecule has 0 fully saturated rings. The average Bonchev–Trinajstić information content (AvgIpc) is 2.50. The third kappa shape index (κ3) is 9.77. The van der Waals surface area contributed by atoms with Crippen LogP contribution < -0.4 is 5.32 Å². The number of benzene rings is 1. The number of carbonyl (C=O) groups excluding carboxylic acids is 1. The zero-order valence-electron chi connectivity index (χ0n) is 13.1. The van der Waals surface area contributed by atoms with Crippen LogP contribution in [-0.2, 0) is 4.79 Å². The third-order valence-electron chi connectivity index (χ3n) is 2.81. The molecule has 1 N–H and O–H groups in total. The first-order chi connectivity index (χ1) is 10.0. The van der Waals surface area contributed by atoms with E-state index in [9.17, 15) is 13.6 Å². The first-order valence-corrected chi connectivity index (χ1v) is 7.40. The third-order valence-corrected chi connectivity index (χ3v) is 2.81. The Morgan fingerprint density at radius 3 is 2.05 bits per heavy atom. The number of likely N-dealkylation sites (N-methyl/N-ethyl adjacent to an activating group) is 1. The van der Waals surface area contributed by atoms with E-state index in [-0.39, 0.29) is 0 Å². The molecule has 4 heteroatoms. The smallest absolute Gasteiger partial charge is 0.279 e. The summed E-state index contributed by atoms with van der Waals surface area (Å²) in [4.78, 5) is 10.8. The van der Waals surface area contributed by atoms with Crippen LogP contribution in [0.25, 0.3) is 6.08 Å². The van der Waals surface area contributed by atoms with Crippen molar-refractivity contribution in [2.24, 2.45) is 0 Å². The van der Waals surface area contributed by atoms with Crippen LogP contribution in [0.2, 0.25) is 0 Å². The molecule has 0 aliphatic heterocycles. The van der Waals surface area contributed by atoms with Crippen molar-refractivity contribution >= 4 is 12.0 Å². The Bertz CT molecular complexity index is 423. The van der Waals surface area contributed by atoms with Crippen LogP contribution >= 0.6 is 0 Å². The molecule has 0 spiro atoms. The number of halogens is 2. The number of unbranched alkanes of at least 4 members (excludes halogenated alkanes) is 4. The largest absolute Gasteiger partial charge is 0.353 e. The van der Waals surface area contributed by atoms with Gasteiger partial charge in [-0.25, -0.2) is 8.78 Å². The van der Waals surface area contributed by atoms with Crippen LogP contribution in [-0.4, -0.2) is 13.0 Å². The molecule has 0 heterocycles. The van der Waals surface area contributed by atoms with Crippen molar-refractivity contribution in [1.82, 2.24) is 5.32 Å². The zero-order chi connectivity index (χ0) is 16.1. The molecular weight excluding hydrogens is 272 g/mol. The molecule has 2 nitrogen and oxygen atoms in total. The number of nitrogens with one attached hydrogen (secondary N) is 1. The van der Waals surface area contributed by atoms with E-state index < -0.39 is 17.6 Å². The second kappa shape index (κ2) is 12.1. The topological polar surface area (TPSA) is 29.1 Å². The van der Waals surface area contributed by atoms with Gasteiger partial charge in [0.1, 0.15) is 5.82 Å². The van der Waals surface area contributed by atoms with E-state index in [0.717, 1.165) is 6.08 Å². The Kier molecular flexibility index (Phi) is 11.1. The quantitative estimate of drug-likeness (QED) is 0.589. The summed E-state index contributed by atoms with van der Waals surface area (Å²) in [6.45, 7) is 4.49. The van der Waals surface area contributed by atoms with E-state index in [0.29, 0.717) is 5.56 Å². The van der Waals surface area contributed by atoms with Crippen LogP contribution in [0.4, 0.5) is 8.78 Å². The number of hydrogen-bond donors (Lipinski definition) is 1. The predicted octanol–water partition coefficient (Wildman–Crippen LogP) is 4.86. The van der Waals surface area contributed by atoms with E-state index in [2.05, 4.69) is 19.2 Å². The van der Waals surface area contributed by atoms with Crippen LogP contribution in [0, 0.1) is 5.82 Å². The average molecular weight is 297 g/mol. The van der Waals surface area contributed by atoms with Gasteiger partial charge in [-0.2, -0.15) is 0 Å². The van der Waals surface area contributed by atoms with Crippen molar-refractivity contribution in [3.63, 3.8) is 0 Å². The van der Waals surface area contributed by atoms with Crippen molar-refractivity contribution in [3.8, 4) is 0 Å².